The Hall–Kier alpha value is -3.53. The number of nitrogens with zero attached hydrogens (tertiary/aromatic N) is 3. The van der Waals surface area contributed by atoms with E-state index in [4.69, 9.17) is 0 Å². The average molecular weight is 428 g/mol. The molecule has 3 aromatic heterocycles. The molecule has 3 heterocycles. The van der Waals surface area contributed by atoms with E-state index < -0.39 is 18.0 Å². The molecule has 0 unspecified atom stereocenters. The van der Waals surface area contributed by atoms with E-state index in [1.165, 1.54) is 36.4 Å². The van der Waals surface area contributed by atoms with E-state index in [1.54, 1.807) is 18.5 Å². The van der Waals surface area contributed by atoms with Gasteiger partial charge in [-0.25, -0.2) is 0 Å². The van der Waals surface area contributed by atoms with Gasteiger partial charge in [-0.3, -0.25) is 24.0 Å². The van der Waals surface area contributed by atoms with Crippen LogP contribution in [0.25, 0.3) is 10.6 Å². The summed E-state index contributed by atoms with van der Waals surface area (Å²) in [5.41, 5.74) is 1.23. The molecule has 0 saturated heterocycles. The first-order valence-corrected chi connectivity index (χ1v) is 9.82. The molecule has 0 aromatic carbocycles. The molecule has 30 heavy (non-hydrogen) atoms. The van der Waals surface area contributed by atoms with Crippen LogP contribution < -0.4 is 5.32 Å². The summed E-state index contributed by atoms with van der Waals surface area (Å²) in [5, 5.41) is 6.94. The molecule has 0 atom stereocenters. The third kappa shape index (κ3) is 5.29. The van der Waals surface area contributed by atoms with Crippen molar-refractivity contribution in [1.29, 1.82) is 0 Å². The number of carbonyl (C=O) groups is 3. The average Bonchev–Trinajstić information content (AvgIpc) is 3.43. The molecule has 0 bridgehead atoms. The number of ether oxygens (including phenoxy) is 2. The highest BCUT2D eigenvalue weighted by atomic mass is 32.1. The lowest BCUT2D eigenvalue weighted by Gasteiger charge is -2.15. The fourth-order valence-electron chi connectivity index (χ4n) is 2.71. The Morgan fingerprint density at radius 3 is 2.47 bits per heavy atom. The maximum Gasteiger partial charge on any atom is 0.307 e. The molecule has 0 spiro atoms. The largest absolute Gasteiger partial charge is 0.469 e. The van der Waals surface area contributed by atoms with Crippen molar-refractivity contribution < 1.29 is 23.9 Å². The summed E-state index contributed by atoms with van der Waals surface area (Å²) >= 11 is 1.33. The van der Waals surface area contributed by atoms with Crippen molar-refractivity contribution in [3.63, 3.8) is 0 Å². The highest BCUT2D eigenvalue weighted by Gasteiger charge is 2.22. The maximum absolute atomic E-state index is 12.6. The van der Waals surface area contributed by atoms with Crippen LogP contribution in [0.2, 0.25) is 0 Å². The van der Waals surface area contributed by atoms with Gasteiger partial charge in [0.15, 0.2) is 0 Å². The Balaban J connectivity index is 1.70. The van der Waals surface area contributed by atoms with Crippen molar-refractivity contribution in [2.24, 2.45) is 0 Å². The zero-order chi connectivity index (χ0) is 21.5. The molecular formula is C20H20N4O5S. The van der Waals surface area contributed by atoms with Gasteiger partial charge in [-0.05, 0) is 24.3 Å². The second kappa shape index (κ2) is 9.79. The Kier molecular flexibility index (Phi) is 6.91. The minimum absolute atomic E-state index is 0.0565. The second-order valence-electron chi connectivity index (χ2n) is 6.26. The van der Waals surface area contributed by atoms with E-state index in [1.807, 2.05) is 24.3 Å². The predicted octanol–water partition coefficient (Wildman–Crippen LogP) is 2.93. The highest BCUT2D eigenvalue weighted by Crippen LogP contribution is 2.27. The first-order chi connectivity index (χ1) is 14.5. The molecule has 10 heteroatoms. The lowest BCUT2D eigenvalue weighted by molar-refractivity contribution is -0.144. The van der Waals surface area contributed by atoms with Gasteiger partial charge in [0.1, 0.15) is 0 Å². The molecular weight excluding hydrogens is 408 g/mol. The molecule has 0 aliphatic heterocycles. The normalized spacial score (nSPS) is 10.6. The summed E-state index contributed by atoms with van der Waals surface area (Å²) in [4.78, 5) is 41.6. The fourth-order valence-corrected chi connectivity index (χ4v) is 3.59. The molecule has 9 nitrogen and oxygen atoms in total. The van der Waals surface area contributed by atoms with E-state index in [0.29, 0.717) is 10.6 Å². The standard InChI is InChI=1S/C20H20N4O5S/c1-28-18(25)9-14(10-19(26)29-2)24-12-13(11-22-24)23-20(27)17-7-6-16(30-17)15-5-3-4-8-21-15/h3-8,11-12,14H,9-10H2,1-2H3,(H,23,27). The number of hydrogen-bond acceptors (Lipinski definition) is 8. The molecule has 156 valence electrons. The predicted molar refractivity (Wildman–Crippen MR) is 110 cm³/mol. The molecule has 3 aromatic rings. The summed E-state index contributed by atoms with van der Waals surface area (Å²) in [5.74, 6) is -1.25. The quantitative estimate of drug-likeness (QED) is 0.549. The van der Waals surface area contributed by atoms with Crippen LogP contribution in [-0.2, 0) is 19.1 Å². The van der Waals surface area contributed by atoms with Crippen LogP contribution in [0.5, 0.6) is 0 Å². The summed E-state index contributed by atoms with van der Waals surface area (Å²) in [6.45, 7) is 0. The lowest BCUT2D eigenvalue weighted by atomic mass is 10.1. The minimum atomic E-state index is -0.590. The number of rotatable bonds is 8. The van der Waals surface area contributed by atoms with Crippen LogP contribution >= 0.6 is 11.3 Å². The zero-order valence-corrected chi connectivity index (χ0v) is 17.2. The van der Waals surface area contributed by atoms with Gasteiger partial charge >= 0.3 is 11.9 Å². The summed E-state index contributed by atoms with van der Waals surface area (Å²) in [6, 6.07) is 8.57. The van der Waals surface area contributed by atoms with Crippen LogP contribution in [0.1, 0.15) is 28.6 Å². The Morgan fingerprint density at radius 2 is 1.83 bits per heavy atom. The van der Waals surface area contributed by atoms with Crippen LogP contribution in [0.3, 0.4) is 0 Å². The van der Waals surface area contributed by atoms with Crippen molar-refractivity contribution in [3.05, 3.63) is 53.8 Å². The topological polar surface area (TPSA) is 112 Å². The Bertz CT molecular complexity index is 1010. The highest BCUT2D eigenvalue weighted by molar-refractivity contribution is 7.17. The summed E-state index contributed by atoms with van der Waals surface area (Å²) < 4.78 is 10.8. The van der Waals surface area contributed by atoms with Gasteiger partial charge in [-0.1, -0.05) is 6.07 Å². The van der Waals surface area contributed by atoms with Gasteiger partial charge in [0, 0.05) is 12.4 Å². The van der Waals surface area contributed by atoms with Gasteiger partial charge < -0.3 is 14.8 Å². The van der Waals surface area contributed by atoms with E-state index in [0.717, 1.165) is 10.6 Å². The number of hydrogen-bond donors (Lipinski definition) is 1. The van der Waals surface area contributed by atoms with Crippen molar-refractivity contribution >= 4 is 34.9 Å². The first kappa shape index (κ1) is 21.2. The van der Waals surface area contributed by atoms with Gasteiger partial charge in [0.05, 0.1) is 60.4 Å². The van der Waals surface area contributed by atoms with Gasteiger partial charge in [0.2, 0.25) is 0 Å². The van der Waals surface area contributed by atoms with Gasteiger partial charge in [-0.15, -0.1) is 11.3 Å². The molecule has 0 saturated carbocycles. The smallest absolute Gasteiger partial charge is 0.307 e. The Labute approximate surface area is 176 Å². The number of thiophene rings is 1. The second-order valence-corrected chi connectivity index (χ2v) is 7.34. The van der Waals surface area contributed by atoms with Crippen LogP contribution in [0.15, 0.2) is 48.9 Å². The number of amides is 1. The van der Waals surface area contributed by atoms with Gasteiger partial charge in [0.25, 0.3) is 5.91 Å². The first-order valence-electron chi connectivity index (χ1n) is 9.00. The molecule has 1 N–H and O–H groups in total. The van der Waals surface area contributed by atoms with E-state index in [-0.39, 0.29) is 18.7 Å². The van der Waals surface area contributed by atoms with E-state index >= 15 is 0 Å². The SMILES string of the molecule is COC(=O)CC(CC(=O)OC)n1cc(NC(=O)c2ccc(-c3ccccn3)s2)cn1. The zero-order valence-electron chi connectivity index (χ0n) is 16.4. The molecule has 0 aliphatic carbocycles. The minimum Gasteiger partial charge on any atom is -0.469 e. The lowest BCUT2D eigenvalue weighted by Crippen LogP contribution is -2.19. The van der Waals surface area contributed by atoms with Crippen molar-refractivity contribution in [2.45, 2.75) is 18.9 Å². The third-order valence-corrected chi connectivity index (χ3v) is 5.35. The van der Waals surface area contributed by atoms with Crippen LogP contribution in [0, 0.1) is 0 Å². The monoisotopic (exact) mass is 428 g/mol. The maximum atomic E-state index is 12.6. The van der Waals surface area contributed by atoms with Crippen molar-refractivity contribution in [1.82, 2.24) is 14.8 Å². The molecule has 0 radical (unpaired) electrons. The number of methoxy groups -OCH3 is 2. The van der Waals surface area contributed by atoms with E-state index in [2.05, 4.69) is 24.9 Å². The number of anilines is 1. The molecule has 0 aliphatic rings. The van der Waals surface area contributed by atoms with Crippen molar-refractivity contribution in [3.8, 4) is 10.6 Å². The van der Waals surface area contributed by atoms with Crippen LogP contribution in [0.4, 0.5) is 5.69 Å². The summed E-state index contributed by atoms with van der Waals surface area (Å²) in [6.07, 6.45) is 4.59. The number of nitrogens with one attached hydrogen (secondary N) is 1. The fraction of sp³-hybridized carbons (Fsp3) is 0.250. The van der Waals surface area contributed by atoms with E-state index in [9.17, 15) is 14.4 Å². The number of carbonyl (C=O) groups excluding carboxylic acids is 3. The number of pyridine rings is 1. The van der Waals surface area contributed by atoms with Crippen LogP contribution in [-0.4, -0.2) is 46.8 Å². The number of aromatic nitrogens is 3. The third-order valence-electron chi connectivity index (χ3n) is 4.24. The van der Waals surface area contributed by atoms with Crippen molar-refractivity contribution in [2.75, 3.05) is 19.5 Å². The molecule has 0 fully saturated rings. The Morgan fingerprint density at radius 1 is 1.10 bits per heavy atom. The number of esters is 2. The molecule has 1 amide bonds. The molecule has 3 rings (SSSR count). The summed E-state index contributed by atoms with van der Waals surface area (Å²) in [7, 11) is 2.54. The van der Waals surface area contributed by atoms with Gasteiger partial charge in [-0.2, -0.15) is 5.10 Å².